The van der Waals surface area contributed by atoms with Gasteiger partial charge >= 0.3 is 0 Å². The van der Waals surface area contributed by atoms with Crippen molar-refractivity contribution < 1.29 is 22.7 Å². The van der Waals surface area contributed by atoms with Crippen LogP contribution in [0.2, 0.25) is 0 Å². The van der Waals surface area contributed by atoms with Crippen molar-refractivity contribution in [1.29, 1.82) is 0 Å². The molecule has 2 aromatic rings. The standard InChI is InChI=1S/C27H39N3O5S/c1-9-22(26(32)28-27(4,5)6)29(17-21-13-11-10-12-20(21)3)25(31)18-30(36(8,33)34)23-16-19(2)14-15-24(23)35-7/h10-16,22H,9,17-18H2,1-8H3,(H,28,32)/t22-/m1/s1. The highest BCUT2D eigenvalue weighted by molar-refractivity contribution is 7.92. The SMILES string of the molecule is CC[C@H](C(=O)NC(C)(C)C)N(Cc1ccccc1C)C(=O)CN(c1cc(C)ccc1OC)S(C)(=O)=O. The molecule has 0 bridgehead atoms. The van der Waals surface area contributed by atoms with E-state index in [4.69, 9.17) is 4.74 Å². The summed E-state index contributed by atoms with van der Waals surface area (Å²) in [6, 6.07) is 12.0. The molecule has 0 aromatic heterocycles. The van der Waals surface area contributed by atoms with Crippen LogP contribution in [0.5, 0.6) is 5.75 Å². The van der Waals surface area contributed by atoms with E-state index in [-0.39, 0.29) is 18.1 Å². The lowest BCUT2D eigenvalue weighted by Gasteiger charge is -2.35. The van der Waals surface area contributed by atoms with Gasteiger partial charge in [-0.05, 0) is 69.9 Å². The lowest BCUT2D eigenvalue weighted by atomic mass is 10.0. The summed E-state index contributed by atoms with van der Waals surface area (Å²) in [5, 5.41) is 2.96. The fraction of sp³-hybridized carbons (Fsp3) is 0.481. The first-order chi connectivity index (χ1) is 16.7. The van der Waals surface area contributed by atoms with Crippen LogP contribution in [0.25, 0.3) is 0 Å². The van der Waals surface area contributed by atoms with E-state index in [9.17, 15) is 18.0 Å². The molecule has 0 heterocycles. The van der Waals surface area contributed by atoms with E-state index in [1.165, 1.54) is 12.0 Å². The highest BCUT2D eigenvalue weighted by atomic mass is 32.2. The molecule has 0 spiro atoms. The first kappa shape index (κ1) is 29.2. The molecule has 0 fully saturated rings. The number of hydrogen-bond acceptors (Lipinski definition) is 5. The maximum atomic E-state index is 13.8. The number of rotatable bonds is 10. The van der Waals surface area contributed by atoms with Gasteiger partial charge in [0, 0.05) is 12.1 Å². The summed E-state index contributed by atoms with van der Waals surface area (Å²) in [4.78, 5) is 28.6. The van der Waals surface area contributed by atoms with Gasteiger partial charge in [-0.15, -0.1) is 0 Å². The Morgan fingerprint density at radius 1 is 1.08 bits per heavy atom. The number of methoxy groups -OCH3 is 1. The molecule has 2 aromatic carbocycles. The molecule has 8 nitrogen and oxygen atoms in total. The third-order valence-corrected chi connectivity index (χ3v) is 6.89. The van der Waals surface area contributed by atoms with Crippen LogP contribution in [0.15, 0.2) is 42.5 Å². The molecule has 9 heteroatoms. The predicted octanol–water partition coefficient (Wildman–Crippen LogP) is 3.80. The van der Waals surface area contributed by atoms with Crippen molar-refractivity contribution >= 4 is 27.5 Å². The van der Waals surface area contributed by atoms with Gasteiger partial charge in [-0.3, -0.25) is 13.9 Å². The summed E-state index contributed by atoms with van der Waals surface area (Å²) in [5.41, 5.74) is 2.46. The van der Waals surface area contributed by atoms with Gasteiger partial charge in [0.05, 0.1) is 19.1 Å². The van der Waals surface area contributed by atoms with Crippen molar-refractivity contribution in [3.05, 3.63) is 59.2 Å². The summed E-state index contributed by atoms with van der Waals surface area (Å²) >= 11 is 0. The average Bonchev–Trinajstić information content (AvgIpc) is 2.76. The second kappa shape index (κ2) is 11.8. The smallest absolute Gasteiger partial charge is 0.244 e. The molecule has 198 valence electrons. The van der Waals surface area contributed by atoms with Gasteiger partial charge in [0.25, 0.3) is 0 Å². The Hall–Kier alpha value is -3.07. The van der Waals surface area contributed by atoms with Crippen molar-refractivity contribution in [2.45, 2.75) is 66.1 Å². The Morgan fingerprint density at radius 2 is 1.72 bits per heavy atom. The van der Waals surface area contributed by atoms with Gasteiger partial charge in [-0.2, -0.15) is 0 Å². The van der Waals surface area contributed by atoms with Crippen LogP contribution in [-0.2, 0) is 26.2 Å². The Morgan fingerprint density at radius 3 is 2.25 bits per heavy atom. The monoisotopic (exact) mass is 517 g/mol. The van der Waals surface area contributed by atoms with Gasteiger partial charge < -0.3 is 15.0 Å². The molecule has 36 heavy (non-hydrogen) atoms. The Bertz CT molecular complexity index is 1190. The Kier molecular flexibility index (Phi) is 9.54. The highest BCUT2D eigenvalue weighted by Gasteiger charge is 2.33. The van der Waals surface area contributed by atoms with Crippen LogP contribution in [-0.4, -0.2) is 56.6 Å². The van der Waals surface area contributed by atoms with Crippen molar-refractivity contribution in [3.63, 3.8) is 0 Å². The fourth-order valence-corrected chi connectivity index (χ4v) is 4.78. The molecule has 0 aliphatic carbocycles. The maximum absolute atomic E-state index is 13.8. The number of nitrogens with zero attached hydrogens (tertiary/aromatic N) is 2. The zero-order valence-corrected chi connectivity index (χ0v) is 23.4. The number of benzene rings is 2. The molecule has 0 saturated heterocycles. The first-order valence-corrected chi connectivity index (χ1v) is 13.8. The molecule has 1 N–H and O–H groups in total. The molecule has 0 aliphatic heterocycles. The zero-order valence-electron chi connectivity index (χ0n) is 22.6. The molecule has 2 rings (SSSR count). The van der Waals surface area contributed by atoms with Crippen molar-refractivity contribution in [3.8, 4) is 5.75 Å². The van der Waals surface area contributed by atoms with Crippen molar-refractivity contribution in [2.75, 3.05) is 24.2 Å². The highest BCUT2D eigenvalue weighted by Crippen LogP contribution is 2.31. The van der Waals surface area contributed by atoms with E-state index in [1.807, 2.05) is 65.8 Å². The average molecular weight is 518 g/mol. The number of carbonyl (C=O) groups excluding carboxylic acids is 2. The summed E-state index contributed by atoms with van der Waals surface area (Å²) in [6.07, 6.45) is 1.42. The third kappa shape index (κ3) is 7.71. The number of nitrogens with one attached hydrogen (secondary N) is 1. The molecular weight excluding hydrogens is 478 g/mol. The maximum Gasteiger partial charge on any atom is 0.244 e. The number of aryl methyl sites for hydroxylation is 2. The van der Waals surface area contributed by atoms with Gasteiger partial charge in [0.2, 0.25) is 21.8 Å². The quantitative estimate of drug-likeness (QED) is 0.517. The second-order valence-electron chi connectivity index (χ2n) is 10.1. The van der Waals surface area contributed by atoms with E-state index in [0.29, 0.717) is 12.2 Å². The van der Waals surface area contributed by atoms with Crippen LogP contribution in [0.3, 0.4) is 0 Å². The number of ether oxygens (including phenoxy) is 1. The summed E-state index contributed by atoms with van der Waals surface area (Å²) < 4.78 is 32.2. The summed E-state index contributed by atoms with van der Waals surface area (Å²) in [5.74, 6) is -0.434. The molecule has 0 saturated carbocycles. The molecular formula is C27H39N3O5S. The summed E-state index contributed by atoms with van der Waals surface area (Å²) in [6.45, 7) is 10.9. The van der Waals surface area contributed by atoms with Crippen LogP contribution in [0.4, 0.5) is 5.69 Å². The number of anilines is 1. The molecule has 0 unspecified atom stereocenters. The minimum atomic E-state index is -3.85. The third-order valence-electron chi connectivity index (χ3n) is 5.77. The van der Waals surface area contributed by atoms with Crippen LogP contribution >= 0.6 is 0 Å². The molecule has 1 atom stereocenters. The predicted molar refractivity (Wildman–Crippen MR) is 144 cm³/mol. The number of hydrogen-bond donors (Lipinski definition) is 1. The van der Waals surface area contributed by atoms with Gasteiger partial charge in [-0.1, -0.05) is 37.3 Å². The van der Waals surface area contributed by atoms with E-state index >= 15 is 0 Å². The fourth-order valence-electron chi connectivity index (χ4n) is 3.93. The van der Waals surface area contributed by atoms with Crippen molar-refractivity contribution in [2.24, 2.45) is 0 Å². The molecule has 0 aliphatic rings. The van der Waals surface area contributed by atoms with Crippen molar-refractivity contribution in [1.82, 2.24) is 10.2 Å². The van der Waals surface area contributed by atoms with Crippen LogP contribution in [0.1, 0.15) is 50.8 Å². The van der Waals surface area contributed by atoms with Gasteiger partial charge in [0.1, 0.15) is 18.3 Å². The Balaban J connectivity index is 2.55. The Labute approximate surface area is 215 Å². The largest absolute Gasteiger partial charge is 0.495 e. The lowest BCUT2D eigenvalue weighted by Crippen LogP contribution is -2.55. The van der Waals surface area contributed by atoms with E-state index in [2.05, 4.69) is 5.32 Å². The normalized spacial score (nSPS) is 12.6. The molecule has 2 amide bonds. The first-order valence-electron chi connectivity index (χ1n) is 12.0. The van der Waals surface area contributed by atoms with E-state index < -0.39 is 34.1 Å². The van der Waals surface area contributed by atoms with Crippen LogP contribution in [0, 0.1) is 13.8 Å². The van der Waals surface area contributed by atoms with E-state index in [1.54, 1.807) is 18.2 Å². The lowest BCUT2D eigenvalue weighted by molar-refractivity contribution is -0.141. The minimum Gasteiger partial charge on any atom is -0.495 e. The number of carbonyl (C=O) groups is 2. The topological polar surface area (TPSA) is 96.0 Å². The molecule has 0 radical (unpaired) electrons. The summed E-state index contributed by atoms with van der Waals surface area (Å²) in [7, 11) is -2.40. The second-order valence-corrected chi connectivity index (χ2v) is 12.0. The number of amides is 2. The minimum absolute atomic E-state index is 0.171. The number of sulfonamides is 1. The van der Waals surface area contributed by atoms with Gasteiger partial charge in [0.15, 0.2) is 0 Å². The van der Waals surface area contributed by atoms with Gasteiger partial charge in [-0.25, -0.2) is 8.42 Å². The van der Waals surface area contributed by atoms with Crippen LogP contribution < -0.4 is 14.4 Å². The van der Waals surface area contributed by atoms with E-state index in [0.717, 1.165) is 27.3 Å². The zero-order chi connectivity index (χ0) is 27.3.